The molecule has 1 atom stereocenters. The van der Waals surface area contributed by atoms with E-state index in [2.05, 4.69) is 0 Å². The zero-order valence-electron chi connectivity index (χ0n) is 14.3. The van der Waals surface area contributed by atoms with E-state index in [1.54, 1.807) is 30.3 Å². The molecule has 2 aliphatic rings. The number of halogens is 1. The second-order valence-electron chi connectivity index (χ2n) is 6.22. The summed E-state index contributed by atoms with van der Waals surface area (Å²) in [4.78, 5) is 50.7. The minimum atomic E-state index is -1.03. The zero-order chi connectivity index (χ0) is 19.6. The summed E-state index contributed by atoms with van der Waals surface area (Å²) in [5, 5.41) is 9.29. The van der Waals surface area contributed by atoms with Gasteiger partial charge in [0.25, 0.3) is 11.1 Å². The summed E-state index contributed by atoms with van der Waals surface area (Å²) in [6, 6.07) is 6.02. The monoisotopic (exact) mass is 408 g/mol. The molecule has 1 aromatic carbocycles. The average Bonchev–Trinajstić information content (AvgIpc) is 3.21. The molecule has 2 aliphatic heterocycles. The van der Waals surface area contributed by atoms with Crippen LogP contribution in [0.1, 0.15) is 24.8 Å². The smallest absolute Gasteiger partial charge is 0.326 e. The van der Waals surface area contributed by atoms with Crippen molar-refractivity contribution < 1.29 is 24.3 Å². The first kappa shape index (κ1) is 19.4. The second kappa shape index (κ2) is 8.14. The molecule has 0 unspecified atom stereocenters. The number of amides is 3. The molecule has 0 spiro atoms. The van der Waals surface area contributed by atoms with E-state index >= 15 is 0 Å². The minimum absolute atomic E-state index is 0.0652. The number of carbonyl (C=O) groups excluding carboxylic acids is 3. The first-order chi connectivity index (χ1) is 12.9. The van der Waals surface area contributed by atoms with Crippen molar-refractivity contribution in [1.29, 1.82) is 0 Å². The van der Waals surface area contributed by atoms with Gasteiger partial charge in [-0.05, 0) is 48.4 Å². The SMILES string of the molecule is O=C(O)[C@@H]1CCCN1C(=O)CCN1C(=O)SC(=Cc2ccc(Cl)cc2)C1=O. The number of thioether (sulfide) groups is 1. The Morgan fingerprint density at radius 3 is 2.63 bits per heavy atom. The van der Waals surface area contributed by atoms with Crippen molar-refractivity contribution in [3.05, 3.63) is 39.8 Å². The maximum absolute atomic E-state index is 12.5. The molecule has 2 fully saturated rings. The first-order valence-electron chi connectivity index (χ1n) is 8.40. The molecule has 142 valence electrons. The lowest BCUT2D eigenvalue weighted by molar-refractivity contribution is -0.148. The quantitative estimate of drug-likeness (QED) is 0.753. The maximum Gasteiger partial charge on any atom is 0.326 e. The summed E-state index contributed by atoms with van der Waals surface area (Å²) < 4.78 is 0. The average molecular weight is 409 g/mol. The van der Waals surface area contributed by atoms with E-state index in [0.717, 1.165) is 22.2 Å². The second-order valence-corrected chi connectivity index (χ2v) is 7.65. The molecule has 7 nitrogen and oxygen atoms in total. The molecule has 0 aromatic heterocycles. The standard InChI is InChI=1S/C18H17ClN2O5S/c19-12-5-3-11(4-6-12)10-14-16(23)21(18(26)27-14)9-7-15(22)20-8-1-2-13(20)17(24)25/h3-6,10,13H,1-2,7-9H2,(H,24,25)/t13-/m0/s1. The van der Waals surface area contributed by atoms with Crippen LogP contribution in [0, 0.1) is 0 Å². The fourth-order valence-corrected chi connectivity index (χ4v) is 4.07. The van der Waals surface area contributed by atoms with Gasteiger partial charge in [0.2, 0.25) is 5.91 Å². The number of hydrogen-bond donors (Lipinski definition) is 1. The van der Waals surface area contributed by atoms with Crippen molar-refractivity contribution in [2.24, 2.45) is 0 Å². The van der Waals surface area contributed by atoms with Gasteiger partial charge in [-0.2, -0.15) is 0 Å². The van der Waals surface area contributed by atoms with E-state index in [0.29, 0.717) is 24.4 Å². The number of carboxylic acid groups (broad SMARTS) is 1. The Morgan fingerprint density at radius 1 is 1.26 bits per heavy atom. The molecule has 0 radical (unpaired) electrons. The van der Waals surface area contributed by atoms with Crippen molar-refractivity contribution in [1.82, 2.24) is 9.80 Å². The fourth-order valence-electron chi connectivity index (χ4n) is 3.08. The van der Waals surface area contributed by atoms with Gasteiger partial charge in [0.15, 0.2) is 0 Å². The van der Waals surface area contributed by atoms with Gasteiger partial charge >= 0.3 is 5.97 Å². The third-order valence-corrected chi connectivity index (χ3v) is 5.61. The highest BCUT2D eigenvalue weighted by atomic mass is 35.5. The predicted octanol–water partition coefficient (Wildman–Crippen LogP) is 2.84. The minimum Gasteiger partial charge on any atom is -0.480 e. The number of nitrogens with zero attached hydrogens (tertiary/aromatic N) is 2. The third-order valence-electron chi connectivity index (χ3n) is 4.45. The Hall–Kier alpha value is -2.32. The van der Waals surface area contributed by atoms with Crippen molar-refractivity contribution in [3.63, 3.8) is 0 Å². The third kappa shape index (κ3) is 4.33. The number of hydrogen-bond acceptors (Lipinski definition) is 5. The molecule has 0 bridgehead atoms. The molecule has 3 amide bonds. The predicted molar refractivity (Wildman–Crippen MR) is 101 cm³/mol. The van der Waals surface area contributed by atoms with Gasteiger partial charge < -0.3 is 10.0 Å². The van der Waals surface area contributed by atoms with Crippen LogP contribution in [0.2, 0.25) is 5.02 Å². The Bertz CT molecular complexity index is 824. The van der Waals surface area contributed by atoms with Crippen LogP contribution in [-0.4, -0.2) is 57.1 Å². The molecule has 2 heterocycles. The number of rotatable bonds is 5. The van der Waals surface area contributed by atoms with E-state index in [9.17, 15) is 19.2 Å². The van der Waals surface area contributed by atoms with Crippen LogP contribution in [0.4, 0.5) is 4.79 Å². The zero-order valence-corrected chi connectivity index (χ0v) is 15.8. The lowest BCUT2D eigenvalue weighted by Gasteiger charge is -2.22. The topological polar surface area (TPSA) is 95.0 Å². The molecule has 9 heteroatoms. The number of imide groups is 1. The van der Waals surface area contributed by atoms with Crippen LogP contribution >= 0.6 is 23.4 Å². The highest BCUT2D eigenvalue weighted by molar-refractivity contribution is 8.18. The summed E-state index contributed by atoms with van der Waals surface area (Å²) in [6.45, 7) is 0.318. The van der Waals surface area contributed by atoms with Gasteiger partial charge in [0.05, 0.1) is 4.91 Å². The lowest BCUT2D eigenvalue weighted by Crippen LogP contribution is -2.42. The largest absolute Gasteiger partial charge is 0.480 e. The molecule has 0 aliphatic carbocycles. The van der Waals surface area contributed by atoms with Crippen molar-refractivity contribution in [3.8, 4) is 0 Å². The van der Waals surface area contributed by atoms with Crippen molar-refractivity contribution in [2.45, 2.75) is 25.3 Å². The molecule has 3 rings (SSSR count). The molecular formula is C18H17ClN2O5S. The Kier molecular flexibility index (Phi) is 5.86. The van der Waals surface area contributed by atoms with E-state index in [4.69, 9.17) is 16.7 Å². The van der Waals surface area contributed by atoms with Gasteiger partial charge in [-0.25, -0.2) is 4.79 Å². The van der Waals surface area contributed by atoms with Gasteiger partial charge in [-0.3, -0.25) is 19.3 Å². The fraction of sp³-hybridized carbons (Fsp3) is 0.333. The van der Waals surface area contributed by atoms with Crippen molar-refractivity contribution >= 4 is 52.5 Å². The van der Waals surface area contributed by atoms with E-state index < -0.39 is 23.2 Å². The maximum atomic E-state index is 12.5. The van der Waals surface area contributed by atoms with Crippen LogP contribution in [0.25, 0.3) is 6.08 Å². The Balaban J connectivity index is 1.63. The number of likely N-dealkylation sites (tertiary alicyclic amines) is 1. The normalized spacial score (nSPS) is 21.4. The summed E-state index contributed by atoms with van der Waals surface area (Å²) in [5.74, 6) is -1.84. The molecule has 0 saturated carbocycles. The van der Waals surface area contributed by atoms with Crippen LogP contribution in [0.5, 0.6) is 0 Å². The van der Waals surface area contributed by atoms with Gasteiger partial charge in [-0.1, -0.05) is 23.7 Å². The molecule has 1 N–H and O–H groups in total. The number of benzene rings is 1. The molecular weight excluding hydrogens is 392 g/mol. The number of carbonyl (C=O) groups is 4. The Morgan fingerprint density at radius 2 is 1.96 bits per heavy atom. The summed E-state index contributed by atoms with van der Waals surface area (Å²) in [5.41, 5.74) is 0.738. The molecule has 2 saturated heterocycles. The van der Waals surface area contributed by atoms with Crippen LogP contribution in [0.15, 0.2) is 29.2 Å². The number of carboxylic acids is 1. The molecule has 27 heavy (non-hydrogen) atoms. The van der Waals surface area contributed by atoms with E-state index in [1.165, 1.54) is 4.90 Å². The summed E-state index contributed by atoms with van der Waals surface area (Å²) >= 11 is 6.65. The van der Waals surface area contributed by atoms with E-state index in [1.807, 2.05) is 0 Å². The molecule has 1 aromatic rings. The summed E-state index contributed by atoms with van der Waals surface area (Å²) in [6.07, 6.45) is 2.57. The highest BCUT2D eigenvalue weighted by Crippen LogP contribution is 2.32. The summed E-state index contributed by atoms with van der Waals surface area (Å²) in [7, 11) is 0. The first-order valence-corrected chi connectivity index (χ1v) is 9.59. The van der Waals surface area contributed by atoms with Crippen LogP contribution < -0.4 is 0 Å². The van der Waals surface area contributed by atoms with E-state index in [-0.39, 0.29) is 23.8 Å². The van der Waals surface area contributed by atoms with Crippen molar-refractivity contribution in [2.75, 3.05) is 13.1 Å². The van der Waals surface area contributed by atoms with Gasteiger partial charge in [-0.15, -0.1) is 0 Å². The highest BCUT2D eigenvalue weighted by Gasteiger charge is 2.37. The van der Waals surface area contributed by atoms with Crippen LogP contribution in [-0.2, 0) is 14.4 Å². The Labute approximate surface area is 164 Å². The van der Waals surface area contributed by atoms with Crippen LogP contribution in [0.3, 0.4) is 0 Å². The van der Waals surface area contributed by atoms with Gasteiger partial charge in [0.1, 0.15) is 6.04 Å². The number of aliphatic carboxylic acids is 1. The van der Waals surface area contributed by atoms with Gasteiger partial charge in [0, 0.05) is 24.5 Å². The lowest BCUT2D eigenvalue weighted by atomic mass is 10.2.